The number of carboxylic acids is 1. The fourth-order valence-corrected chi connectivity index (χ4v) is 2.27. The molecule has 0 spiro atoms. The van der Waals surface area contributed by atoms with Gasteiger partial charge in [0.05, 0.1) is 0 Å². The van der Waals surface area contributed by atoms with Crippen LogP contribution in [0.4, 0.5) is 0 Å². The summed E-state index contributed by atoms with van der Waals surface area (Å²) >= 11 is 0. The first-order valence-corrected chi connectivity index (χ1v) is 7.09. The largest absolute Gasteiger partial charge is 0.477 e. The van der Waals surface area contributed by atoms with Crippen LogP contribution in [0.25, 0.3) is 5.69 Å². The van der Waals surface area contributed by atoms with E-state index in [1.165, 1.54) is 17.8 Å². The molecule has 0 aliphatic rings. The van der Waals surface area contributed by atoms with Crippen LogP contribution >= 0.6 is 0 Å². The van der Waals surface area contributed by atoms with Crippen molar-refractivity contribution in [2.75, 3.05) is 0 Å². The van der Waals surface area contributed by atoms with Crippen molar-refractivity contribution in [3.63, 3.8) is 0 Å². The van der Waals surface area contributed by atoms with Gasteiger partial charge in [-0.1, -0.05) is 25.5 Å². The highest BCUT2D eigenvalue weighted by atomic mass is 16.4. The van der Waals surface area contributed by atoms with Crippen LogP contribution in [0, 0.1) is 6.92 Å². The molecule has 0 radical (unpaired) electrons. The maximum atomic E-state index is 11.6. The average Bonchev–Trinajstić information content (AvgIpc) is 2.45. The van der Waals surface area contributed by atoms with E-state index < -0.39 is 11.4 Å². The average molecular weight is 285 g/mol. The third kappa shape index (κ3) is 3.40. The number of hydrogen-bond donors (Lipinski definition) is 1. The van der Waals surface area contributed by atoms with Crippen molar-refractivity contribution in [1.29, 1.82) is 0 Å². The number of unbranched alkanes of at least 4 members (excludes halogenated alkanes) is 1. The number of nitrogens with zero attached hydrogens (tertiary/aromatic N) is 1. The van der Waals surface area contributed by atoms with E-state index in [4.69, 9.17) is 5.11 Å². The van der Waals surface area contributed by atoms with Gasteiger partial charge in [0.1, 0.15) is 5.56 Å². The fourth-order valence-electron chi connectivity index (χ4n) is 2.27. The van der Waals surface area contributed by atoms with E-state index in [1.807, 2.05) is 24.3 Å². The Balaban J connectivity index is 2.39. The van der Waals surface area contributed by atoms with Crippen LogP contribution in [0.5, 0.6) is 0 Å². The van der Waals surface area contributed by atoms with Gasteiger partial charge in [0.2, 0.25) is 0 Å². The minimum atomic E-state index is -1.20. The second-order valence-electron chi connectivity index (χ2n) is 5.14. The number of carboxylic acid groups (broad SMARTS) is 1. The van der Waals surface area contributed by atoms with E-state index in [0.29, 0.717) is 5.69 Å². The first kappa shape index (κ1) is 15.0. The van der Waals surface area contributed by atoms with Gasteiger partial charge in [-0.25, -0.2) is 4.79 Å². The van der Waals surface area contributed by atoms with Crippen molar-refractivity contribution in [2.45, 2.75) is 33.1 Å². The van der Waals surface area contributed by atoms with Gasteiger partial charge in [-0.3, -0.25) is 4.79 Å². The van der Waals surface area contributed by atoms with Crippen molar-refractivity contribution in [3.05, 3.63) is 63.6 Å². The van der Waals surface area contributed by atoms with Crippen molar-refractivity contribution in [3.8, 4) is 5.69 Å². The van der Waals surface area contributed by atoms with Gasteiger partial charge in [-0.2, -0.15) is 0 Å². The van der Waals surface area contributed by atoms with Gasteiger partial charge in [0.25, 0.3) is 0 Å². The Morgan fingerprint density at radius 2 is 1.90 bits per heavy atom. The van der Waals surface area contributed by atoms with Gasteiger partial charge in [-0.05, 0) is 37.5 Å². The highest BCUT2D eigenvalue weighted by molar-refractivity contribution is 5.87. The number of carbonyl (C=O) groups is 1. The first-order valence-electron chi connectivity index (χ1n) is 7.09. The minimum absolute atomic E-state index is 0.212. The maximum Gasteiger partial charge on any atom is 0.341 e. The summed E-state index contributed by atoms with van der Waals surface area (Å²) in [6.45, 7) is 3.95. The second kappa shape index (κ2) is 6.39. The zero-order valence-electron chi connectivity index (χ0n) is 12.3. The van der Waals surface area contributed by atoms with E-state index in [2.05, 4.69) is 6.92 Å². The van der Waals surface area contributed by atoms with Crippen molar-refractivity contribution >= 4 is 5.97 Å². The molecule has 110 valence electrons. The summed E-state index contributed by atoms with van der Waals surface area (Å²) in [6, 6.07) is 9.35. The number of rotatable bonds is 5. The first-order chi connectivity index (χ1) is 10.0. The van der Waals surface area contributed by atoms with E-state index in [0.717, 1.165) is 24.9 Å². The molecule has 21 heavy (non-hydrogen) atoms. The van der Waals surface area contributed by atoms with Gasteiger partial charge in [-0.15, -0.1) is 0 Å². The van der Waals surface area contributed by atoms with Crippen LogP contribution in [-0.2, 0) is 6.42 Å². The van der Waals surface area contributed by atoms with Crippen LogP contribution in [0.15, 0.2) is 41.3 Å². The molecule has 4 heteroatoms. The Labute approximate surface area is 123 Å². The number of benzene rings is 1. The standard InChI is InChI=1S/C17H19NO3/c1-3-4-5-13-6-8-14(9-7-13)18-11-15(17(20)21)16(19)10-12(18)2/h6-11H,3-5H2,1-2H3,(H,20,21). The summed E-state index contributed by atoms with van der Waals surface area (Å²) in [5.74, 6) is -1.20. The molecule has 0 saturated heterocycles. The second-order valence-corrected chi connectivity index (χ2v) is 5.14. The molecule has 0 amide bonds. The van der Waals surface area contributed by atoms with Crippen LogP contribution < -0.4 is 5.43 Å². The smallest absolute Gasteiger partial charge is 0.341 e. The molecule has 1 aromatic carbocycles. The monoisotopic (exact) mass is 285 g/mol. The van der Waals surface area contributed by atoms with Crippen molar-refractivity contribution in [2.24, 2.45) is 0 Å². The van der Waals surface area contributed by atoms with Gasteiger partial charge in [0.15, 0.2) is 5.43 Å². The molecule has 2 aromatic rings. The minimum Gasteiger partial charge on any atom is -0.477 e. The molecule has 4 nitrogen and oxygen atoms in total. The zero-order chi connectivity index (χ0) is 15.4. The SMILES string of the molecule is CCCCc1ccc(-n2cc(C(=O)O)c(=O)cc2C)cc1. The number of aromatic nitrogens is 1. The Morgan fingerprint density at radius 3 is 2.48 bits per heavy atom. The van der Waals surface area contributed by atoms with Gasteiger partial charge >= 0.3 is 5.97 Å². The lowest BCUT2D eigenvalue weighted by Crippen LogP contribution is -2.18. The molecule has 1 N–H and O–H groups in total. The van der Waals surface area contributed by atoms with Gasteiger partial charge in [0, 0.05) is 23.6 Å². The van der Waals surface area contributed by atoms with E-state index in [9.17, 15) is 9.59 Å². The van der Waals surface area contributed by atoms with E-state index in [1.54, 1.807) is 11.5 Å². The molecule has 0 aliphatic carbocycles. The highest BCUT2D eigenvalue weighted by Gasteiger charge is 2.11. The van der Waals surface area contributed by atoms with Crippen molar-refractivity contribution in [1.82, 2.24) is 4.57 Å². The summed E-state index contributed by atoms with van der Waals surface area (Å²) in [7, 11) is 0. The molecule has 0 saturated carbocycles. The summed E-state index contributed by atoms with van der Waals surface area (Å²) in [6.07, 6.45) is 4.74. The van der Waals surface area contributed by atoms with Crippen molar-refractivity contribution < 1.29 is 9.90 Å². The summed E-state index contributed by atoms with van der Waals surface area (Å²) in [4.78, 5) is 22.7. The van der Waals surface area contributed by atoms with Crippen LogP contribution in [-0.4, -0.2) is 15.6 Å². The van der Waals surface area contributed by atoms with Gasteiger partial charge < -0.3 is 9.67 Å². The van der Waals surface area contributed by atoms with Crippen LogP contribution in [0.3, 0.4) is 0 Å². The quantitative estimate of drug-likeness (QED) is 0.917. The Kier molecular flexibility index (Phi) is 4.58. The lowest BCUT2D eigenvalue weighted by Gasteiger charge is -2.12. The normalized spacial score (nSPS) is 10.6. The molecule has 0 unspecified atom stereocenters. The summed E-state index contributed by atoms with van der Waals surface area (Å²) < 4.78 is 1.73. The Morgan fingerprint density at radius 1 is 1.24 bits per heavy atom. The molecule has 1 aromatic heterocycles. The highest BCUT2D eigenvalue weighted by Crippen LogP contribution is 2.14. The van der Waals surface area contributed by atoms with Crippen LogP contribution in [0.2, 0.25) is 0 Å². The molecule has 0 bridgehead atoms. The molecular weight excluding hydrogens is 266 g/mol. The molecule has 1 heterocycles. The lowest BCUT2D eigenvalue weighted by atomic mass is 10.1. The lowest BCUT2D eigenvalue weighted by molar-refractivity contribution is 0.0695. The topological polar surface area (TPSA) is 59.3 Å². The predicted octanol–water partition coefficient (Wildman–Crippen LogP) is 3.19. The third-order valence-electron chi connectivity index (χ3n) is 3.51. The van der Waals surface area contributed by atoms with E-state index >= 15 is 0 Å². The van der Waals surface area contributed by atoms with Crippen LogP contribution in [0.1, 0.15) is 41.4 Å². The molecule has 0 atom stereocenters. The molecule has 0 fully saturated rings. The predicted molar refractivity (Wildman–Crippen MR) is 82.3 cm³/mol. The zero-order valence-corrected chi connectivity index (χ0v) is 12.3. The third-order valence-corrected chi connectivity index (χ3v) is 3.51. The Bertz CT molecular complexity index is 699. The molecular formula is C17H19NO3. The summed E-state index contributed by atoms with van der Waals surface area (Å²) in [5, 5.41) is 9.06. The van der Waals surface area contributed by atoms with E-state index in [-0.39, 0.29) is 5.56 Å². The number of hydrogen-bond acceptors (Lipinski definition) is 2. The maximum absolute atomic E-state index is 11.6. The summed E-state index contributed by atoms with van der Waals surface area (Å²) in [5.41, 5.74) is 2.16. The molecule has 2 rings (SSSR count). The molecule has 0 aliphatic heterocycles. The number of aromatic carboxylic acids is 1. The number of aryl methyl sites for hydroxylation is 2. The number of pyridine rings is 1. The fraction of sp³-hybridized carbons (Fsp3) is 0.294. The Hall–Kier alpha value is -2.36.